The minimum Gasteiger partial charge on any atom is -0.399 e. The summed E-state index contributed by atoms with van der Waals surface area (Å²) < 4.78 is 5.82. The summed E-state index contributed by atoms with van der Waals surface area (Å²) in [5, 5.41) is 3.35. The average molecular weight is 385 g/mol. The van der Waals surface area contributed by atoms with Crippen molar-refractivity contribution >= 4 is 23.3 Å². The van der Waals surface area contributed by atoms with Crippen molar-refractivity contribution in [3.8, 4) is 11.1 Å². The molecule has 1 fully saturated rings. The molecule has 3 aromatic rings. The van der Waals surface area contributed by atoms with Crippen LogP contribution in [0.5, 0.6) is 0 Å². The number of hydrogen-bond donors (Lipinski definition) is 2. The third-order valence-corrected chi connectivity index (χ3v) is 5.33. The number of nitrogens with zero attached hydrogens (tertiary/aromatic N) is 3. The molecule has 2 aliphatic heterocycles. The summed E-state index contributed by atoms with van der Waals surface area (Å²) in [6.07, 6.45) is 3.85. The molecule has 2 aromatic carbocycles. The molecule has 0 radical (unpaired) electrons. The van der Waals surface area contributed by atoms with Gasteiger partial charge in [0.2, 0.25) is 0 Å². The lowest BCUT2D eigenvalue weighted by Gasteiger charge is -2.30. The number of morpholine rings is 1. The van der Waals surface area contributed by atoms with E-state index in [1.807, 2.05) is 36.7 Å². The highest BCUT2D eigenvalue weighted by atomic mass is 16.5. The highest BCUT2D eigenvalue weighted by Gasteiger charge is 2.22. The standard InChI is InChI=1S/C23H23N5O/c24-18-5-1-3-16(11-18)20-6-2-4-17-12-26-15-28(23(17)20)19-7-8-21(27-13-19)22-14-25-9-10-29-22/h1-8,11-13,22,25H,9-10,14-15,24H2. The lowest BCUT2D eigenvalue weighted by Crippen LogP contribution is -2.33. The van der Waals surface area contributed by atoms with E-state index in [9.17, 15) is 0 Å². The molecule has 146 valence electrons. The molecule has 0 spiro atoms. The molecule has 1 atom stereocenters. The number of nitrogen functional groups attached to an aromatic ring is 1. The Hall–Kier alpha value is -3.22. The monoisotopic (exact) mass is 385 g/mol. The van der Waals surface area contributed by atoms with E-state index in [2.05, 4.69) is 50.5 Å². The summed E-state index contributed by atoms with van der Waals surface area (Å²) >= 11 is 0. The lowest BCUT2D eigenvalue weighted by molar-refractivity contribution is 0.0250. The summed E-state index contributed by atoms with van der Waals surface area (Å²) in [7, 11) is 0. The first-order valence-electron chi connectivity index (χ1n) is 9.84. The first-order valence-corrected chi connectivity index (χ1v) is 9.84. The van der Waals surface area contributed by atoms with Crippen LogP contribution in [0.1, 0.15) is 17.4 Å². The number of rotatable bonds is 3. The van der Waals surface area contributed by atoms with Crippen molar-refractivity contribution < 1.29 is 4.74 Å². The number of anilines is 3. The Morgan fingerprint density at radius 3 is 2.83 bits per heavy atom. The van der Waals surface area contributed by atoms with Crippen molar-refractivity contribution in [3.63, 3.8) is 0 Å². The van der Waals surface area contributed by atoms with Gasteiger partial charge in [-0.05, 0) is 29.8 Å². The summed E-state index contributed by atoms with van der Waals surface area (Å²) in [6, 6.07) is 18.4. The summed E-state index contributed by atoms with van der Waals surface area (Å²) in [6.45, 7) is 2.95. The Morgan fingerprint density at radius 1 is 1.10 bits per heavy atom. The molecular weight excluding hydrogens is 362 g/mol. The minimum absolute atomic E-state index is 0.00678. The maximum Gasteiger partial charge on any atom is 0.115 e. The second kappa shape index (κ2) is 7.66. The van der Waals surface area contributed by atoms with Gasteiger partial charge in [-0.25, -0.2) is 0 Å². The van der Waals surface area contributed by atoms with E-state index in [4.69, 9.17) is 10.5 Å². The number of pyridine rings is 1. The largest absolute Gasteiger partial charge is 0.399 e. The van der Waals surface area contributed by atoms with Gasteiger partial charge in [0.05, 0.1) is 29.9 Å². The van der Waals surface area contributed by atoms with Crippen LogP contribution in [-0.4, -0.2) is 37.6 Å². The quantitative estimate of drug-likeness (QED) is 0.675. The Kier molecular flexibility index (Phi) is 4.71. The molecule has 2 aliphatic rings. The average Bonchev–Trinajstić information content (AvgIpc) is 2.79. The van der Waals surface area contributed by atoms with Crippen LogP contribution < -0.4 is 16.0 Å². The highest BCUT2D eigenvalue weighted by Crippen LogP contribution is 2.39. The van der Waals surface area contributed by atoms with Crippen LogP contribution in [0.25, 0.3) is 11.1 Å². The van der Waals surface area contributed by atoms with Gasteiger partial charge in [0, 0.05) is 36.1 Å². The van der Waals surface area contributed by atoms with Crippen molar-refractivity contribution in [1.82, 2.24) is 10.3 Å². The molecule has 6 heteroatoms. The fourth-order valence-corrected chi connectivity index (χ4v) is 3.91. The first kappa shape index (κ1) is 17.8. The van der Waals surface area contributed by atoms with Gasteiger partial charge in [0.1, 0.15) is 12.8 Å². The van der Waals surface area contributed by atoms with Crippen molar-refractivity contribution in [2.24, 2.45) is 4.99 Å². The van der Waals surface area contributed by atoms with E-state index in [-0.39, 0.29) is 6.10 Å². The lowest BCUT2D eigenvalue weighted by atomic mass is 9.98. The van der Waals surface area contributed by atoms with Crippen LogP contribution in [0.4, 0.5) is 17.1 Å². The minimum atomic E-state index is 0.00678. The molecule has 1 saturated heterocycles. The zero-order valence-corrected chi connectivity index (χ0v) is 16.1. The normalized spacial score (nSPS) is 18.5. The van der Waals surface area contributed by atoms with Crippen LogP contribution in [0.15, 0.2) is 65.8 Å². The number of para-hydroxylation sites is 1. The van der Waals surface area contributed by atoms with Gasteiger partial charge in [-0.15, -0.1) is 0 Å². The number of benzene rings is 2. The zero-order chi connectivity index (χ0) is 19.6. The molecule has 3 N–H and O–H groups in total. The highest BCUT2D eigenvalue weighted by molar-refractivity contribution is 5.98. The van der Waals surface area contributed by atoms with Crippen LogP contribution in [0.2, 0.25) is 0 Å². The van der Waals surface area contributed by atoms with E-state index in [1.165, 1.54) is 0 Å². The Balaban J connectivity index is 1.53. The molecule has 29 heavy (non-hydrogen) atoms. The maximum absolute atomic E-state index is 6.04. The van der Waals surface area contributed by atoms with Crippen LogP contribution in [-0.2, 0) is 4.74 Å². The second-order valence-corrected chi connectivity index (χ2v) is 7.25. The van der Waals surface area contributed by atoms with E-state index >= 15 is 0 Å². The van der Waals surface area contributed by atoms with E-state index in [0.29, 0.717) is 13.3 Å². The molecule has 1 aromatic heterocycles. The molecule has 0 amide bonds. The molecule has 3 heterocycles. The molecule has 1 unspecified atom stereocenters. The number of hydrogen-bond acceptors (Lipinski definition) is 6. The Bertz CT molecular complexity index is 1040. The van der Waals surface area contributed by atoms with Gasteiger partial charge < -0.3 is 20.7 Å². The van der Waals surface area contributed by atoms with Crippen LogP contribution >= 0.6 is 0 Å². The van der Waals surface area contributed by atoms with Gasteiger partial charge in [-0.3, -0.25) is 9.98 Å². The number of nitrogens with one attached hydrogen (secondary N) is 1. The van der Waals surface area contributed by atoms with Gasteiger partial charge in [-0.2, -0.15) is 0 Å². The predicted molar refractivity (Wildman–Crippen MR) is 117 cm³/mol. The molecule has 6 nitrogen and oxygen atoms in total. The Labute approximate surface area is 170 Å². The second-order valence-electron chi connectivity index (χ2n) is 7.25. The van der Waals surface area contributed by atoms with Crippen molar-refractivity contribution in [3.05, 3.63) is 72.1 Å². The molecule has 0 bridgehead atoms. The van der Waals surface area contributed by atoms with Crippen molar-refractivity contribution in [1.29, 1.82) is 0 Å². The van der Waals surface area contributed by atoms with E-state index in [0.717, 1.165) is 52.5 Å². The topological polar surface area (TPSA) is 75.8 Å². The van der Waals surface area contributed by atoms with Gasteiger partial charge in [-0.1, -0.05) is 30.3 Å². The predicted octanol–water partition coefficient (Wildman–Crippen LogP) is 3.52. The van der Waals surface area contributed by atoms with Crippen molar-refractivity contribution in [2.75, 3.05) is 37.0 Å². The van der Waals surface area contributed by atoms with Gasteiger partial charge in [0.25, 0.3) is 0 Å². The first-order chi connectivity index (χ1) is 14.3. The van der Waals surface area contributed by atoms with Gasteiger partial charge in [0.15, 0.2) is 0 Å². The third-order valence-electron chi connectivity index (χ3n) is 5.33. The molecule has 5 rings (SSSR count). The van der Waals surface area contributed by atoms with Crippen LogP contribution in [0, 0.1) is 0 Å². The van der Waals surface area contributed by atoms with E-state index in [1.54, 1.807) is 0 Å². The molecule has 0 saturated carbocycles. The smallest absolute Gasteiger partial charge is 0.115 e. The summed E-state index contributed by atoms with van der Waals surface area (Å²) in [4.78, 5) is 11.4. The van der Waals surface area contributed by atoms with Gasteiger partial charge >= 0.3 is 0 Å². The Morgan fingerprint density at radius 2 is 2.03 bits per heavy atom. The zero-order valence-electron chi connectivity index (χ0n) is 16.1. The molecule has 0 aliphatic carbocycles. The SMILES string of the molecule is Nc1cccc(-c2cccc3c2N(c2ccc(C4CNCCO4)nc2)CN=C3)c1. The van der Waals surface area contributed by atoms with E-state index < -0.39 is 0 Å². The number of nitrogens with two attached hydrogens (primary N) is 1. The maximum atomic E-state index is 6.04. The summed E-state index contributed by atoms with van der Waals surface area (Å²) in [5.41, 5.74) is 13.2. The number of fused-ring (bicyclic) bond motifs is 1. The fraction of sp³-hybridized carbons (Fsp3) is 0.217. The number of aromatic nitrogens is 1. The van der Waals surface area contributed by atoms with Crippen molar-refractivity contribution in [2.45, 2.75) is 6.10 Å². The molecular formula is C23H23N5O. The van der Waals surface area contributed by atoms with Crippen LogP contribution in [0.3, 0.4) is 0 Å². The summed E-state index contributed by atoms with van der Waals surface area (Å²) in [5.74, 6) is 0. The number of ether oxygens (including phenoxy) is 1. The fourth-order valence-electron chi connectivity index (χ4n) is 3.91. The third kappa shape index (κ3) is 3.48. The number of aliphatic imine (C=N–C) groups is 1.